The molecule has 1 fully saturated rings. The molecule has 0 bridgehead atoms. The molecular weight excluding hydrogens is 362 g/mol. The molecule has 3 aromatic rings. The summed E-state index contributed by atoms with van der Waals surface area (Å²) in [4.78, 5) is 30.9. The smallest absolute Gasteiger partial charge is 0.266 e. The van der Waals surface area contributed by atoms with E-state index in [1.54, 1.807) is 24.5 Å². The summed E-state index contributed by atoms with van der Waals surface area (Å²) >= 11 is 1.65. The fourth-order valence-electron chi connectivity index (χ4n) is 3.42. The lowest BCUT2D eigenvalue weighted by Crippen LogP contribution is -2.41. The molecule has 140 valence electrons. The van der Waals surface area contributed by atoms with E-state index in [4.69, 9.17) is 0 Å². The molecule has 1 atom stereocenters. The lowest BCUT2D eigenvalue weighted by molar-refractivity contribution is -0.120. The summed E-state index contributed by atoms with van der Waals surface area (Å²) in [5.74, 6) is 0.621. The van der Waals surface area contributed by atoms with Crippen LogP contribution in [-0.4, -0.2) is 33.8 Å². The Morgan fingerprint density at radius 1 is 1.30 bits per heavy atom. The van der Waals surface area contributed by atoms with Crippen LogP contribution in [0.5, 0.6) is 0 Å². The number of carbonyl (C=O) groups is 1. The van der Waals surface area contributed by atoms with Crippen LogP contribution in [-0.2, 0) is 11.8 Å². The number of carbonyl (C=O) groups excluding carboxylic acids is 1. The molecule has 1 aliphatic rings. The fourth-order valence-corrected chi connectivity index (χ4v) is 4.23. The van der Waals surface area contributed by atoms with Gasteiger partial charge in [0.1, 0.15) is 5.82 Å². The molecule has 8 heteroatoms. The Kier molecular flexibility index (Phi) is 4.65. The molecule has 4 rings (SSSR count). The molecule has 3 heterocycles. The maximum Gasteiger partial charge on any atom is 0.266 e. The van der Waals surface area contributed by atoms with Gasteiger partial charge >= 0.3 is 0 Å². The number of fused-ring (bicyclic) bond motifs is 1. The predicted molar refractivity (Wildman–Crippen MR) is 107 cm³/mol. The molecule has 0 aliphatic carbocycles. The van der Waals surface area contributed by atoms with Crippen molar-refractivity contribution in [2.75, 3.05) is 23.3 Å². The van der Waals surface area contributed by atoms with Gasteiger partial charge in [0.25, 0.3) is 5.56 Å². The van der Waals surface area contributed by atoms with Crippen LogP contribution in [0.2, 0.25) is 0 Å². The highest BCUT2D eigenvalue weighted by atomic mass is 32.1. The Morgan fingerprint density at radius 2 is 2.15 bits per heavy atom. The second kappa shape index (κ2) is 7.11. The second-order valence-electron chi connectivity index (χ2n) is 6.84. The van der Waals surface area contributed by atoms with Gasteiger partial charge in [-0.15, -0.1) is 11.3 Å². The van der Waals surface area contributed by atoms with Gasteiger partial charge in [0.15, 0.2) is 0 Å². The van der Waals surface area contributed by atoms with Crippen molar-refractivity contribution in [1.29, 1.82) is 0 Å². The maximum atomic E-state index is 12.8. The third kappa shape index (κ3) is 3.71. The molecule has 1 aliphatic heterocycles. The van der Waals surface area contributed by atoms with Crippen molar-refractivity contribution in [2.24, 2.45) is 13.0 Å². The topological polar surface area (TPSA) is 80.1 Å². The summed E-state index contributed by atoms with van der Waals surface area (Å²) in [5, 5.41) is 8.35. The van der Waals surface area contributed by atoms with Gasteiger partial charge in [0.05, 0.1) is 21.1 Å². The van der Waals surface area contributed by atoms with Crippen molar-refractivity contribution in [3.8, 4) is 0 Å². The lowest BCUT2D eigenvalue weighted by Gasteiger charge is -2.32. The van der Waals surface area contributed by atoms with Crippen LogP contribution in [0.25, 0.3) is 10.2 Å². The molecule has 2 aromatic heterocycles. The number of anilines is 2. The Balaban J connectivity index is 1.47. The summed E-state index contributed by atoms with van der Waals surface area (Å²) in [5.41, 5.74) is 1.54. The van der Waals surface area contributed by atoms with Gasteiger partial charge in [-0.2, -0.15) is 5.10 Å². The SMILES string of the molecule is Cc1nc2cc(NC(=O)[C@@H]3CCCN(c4ccc(=O)n(C)n4)C3)ccc2s1. The average Bonchev–Trinajstić information content (AvgIpc) is 3.03. The first-order chi connectivity index (χ1) is 13.0. The first-order valence-corrected chi connectivity index (χ1v) is 9.78. The number of thiazole rings is 1. The minimum Gasteiger partial charge on any atom is -0.354 e. The van der Waals surface area contributed by atoms with Crippen molar-refractivity contribution in [3.05, 3.63) is 45.7 Å². The van der Waals surface area contributed by atoms with Crippen LogP contribution in [0, 0.1) is 12.8 Å². The molecule has 0 spiro atoms. The molecule has 0 unspecified atom stereocenters. The van der Waals surface area contributed by atoms with Crippen LogP contribution in [0.1, 0.15) is 17.8 Å². The monoisotopic (exact) mass is 383 g/mol. The first kappa shape index (κ1) is 17.7. The summed E-state index contributed by atoms with van der Waals surface area (Å²) in [7, 11) is 1.64. The first-order valence-electron chi connectivity index (χ1n) is 8.97. The van der Waals surface area contributed by atoms with E-state index in [1.165, 1.54) is 10.7 Å². The Hall–Kier alpha value is -2.74. The minimum atomic E-state index is -0.141. The van der Waals surface area contributed by atoms with E-state index in [2.05, 4.69) is 20.3 Å². The standard InChI is InChI=1S/C19H21N5O2S/c1-12-20-15-10-14(5-6-16(15)27-12)21-19(26)13-4-3-9-24(11-13)17-7-8-18(25)23(2)22-17/h5-8,10,13H,3-4,9,11H2,1-2H3,(H,21,26)/t13-/m1/s1. The van der Waals surface area contributed by atoms with Gasteiger partial charge in [0.2, 0.25) is 5.91 Å². The summed E-state index contributed by atoms with van der Waals surface area (Å²) < 4.78 is 2.44. The van der Waals surface area contributed by atoms with Crippen LogP contribution in [0.3, 0.4) is 0 Å². The van der Waals surface area contributed by atoms with Crippen molar-refractivity contribution < 1.29 is 4.79 Å². The summed E-state index contributed by atoms with van der Waals surface area (Å²) in [6.45, 7) is 3.40. The summed E-state index contributed by atoms with van der Waals surface area (Å²) in [6, 6.07) is 9.08. The van der Waals surface area contributed by atoms with Gasteiger partial charge in [-0.3, -0.25) is 9.59 Å². The number of piperidine rings is 1. The van der Waals surface area contributed by atoms with E-state index < -0.39 is 0 Å². The predicted octanol–water partition coefficient (Wildman–Crippen LogP) is 2.55. The van der Waals surface area contributed by atoms with Gasteiger partial charge in [0, 0.05) is 31.9 Å². The van der Waals surface area contributed by atoms with E-state index in [9.17, 15) is 9.59 Å². The average molecular weight is 383 g/mol. The number of benzene rings is 1. The quantitative estimate of drug-likeness (QED) is 0.752. The third-order valence-electron chi connectivity index (χ3n) is 4.82. The van der Waals surface area contributed by atoms with Gasteiger partial charge < -0.3 is 10.2 Å². The zero-order valence-electron chi connectivity index (χ0n) is 15.3. The number of aromatic nitrogens is 3. The summed E-state index contributed by atoms with van der Waals surface area (Å²) in [6.07, 6.45) is 1.75. The van der Waals surface area contributed by atoms with E-state index >= 15 is 0 Å². The molecule has 1 saturated heterocycles. The fraction of sp³-hybridized carbons (Fsp3) is 0.368. The zero-order chi connectivity index (χ0) is 19.0. The van der Waals surface area contributed by atoms with Crippen molar-refractivity contribution in [3.63, 3.8) is 0 Å². The lowest BCUT2D eigenvalue weighted by atomic mass is 9.97. The number of hydrogen-bond acceptors (Lipinski definition) is 6. The number of nitrogens with zero attached hydrogens (tertiary/aromatic N) is 4. The van der Waals surface area contributed by atoms with Gasteiger partial charge in [-0.05, 0) is 44.0 Å². The largest absolute Gasteiger partial charge is 0.354 e. The van der Waals surface area contributed by atoms with Crippen molar-refractivity contribution >= 4 is 39.0 Å². The molecule has 1 N–H and O–H groups in total. The van der Waals surface area contributed by atoms with Crippen molar-refractivity contribution in [2.45, 2.75) is 19.8 Å². The van der Waals surface area contributed by atoms with Crippen LogP contribution >= 0.6 is 11.3 Å². The van der Waals surface area contributed by atoms with Gasteiger partial charge in [-0.1, -0.05) is 0 Å². The Labute approximate surface area is 160 Å². The Morgan fingerprint density at radius 3 is 2.96 bits per heavy atom. The number of nitrogens with one attached hydrogen (secondary N) is 1. The molecule has 1 amide bonds. The molecule has 0 radical (unpaired) electrons. The van der Waals surface area contributed by atoms with Crippen LogP contribution < -0.4 is 15.8 Å². The zero-order valence-corrected chi connectivity index (χ0v) is 16.1. The Bertz CT molecular complexity index is 1060. The van der Waals surface area contributed by atoms with E-state index in [0.717, 1.165) is 46.1 Å². The maximum absolute atomic E-state index is 12.8. The number of amides is 1. The van der Waals surface area contributed by atoms with E-state index in [1.807, 2.05) is 25.1 Å². The molecule has 0 saturated carbocycles. The number of hydrogen-bond donors (Lipinski definition) is 1. The molecule has 27 heavy (non-hydrogen) atoms. The van der Waals surface area contributed by atoms with Crippen molar-refractivity contribution in [1.82, 2.24) is 14.8 Å². The highest BCUT2D eigenvalue weighted by Crippen LogP contribution is 2.26. The molecule has 7 nitrogen and oxygen atoms in total. The van der Waals surface area contributed by atoms with Crippen LogP contribution in [0.15, 0.2) is 35.1 Å². The van der Waals surface area contributed by atoms with E-state index in [0.29, 0.717) is 6.54 Å². The minimum absolute atomic E-state index is 0.0100. The number of rotatable bonds is 3. The van der Waals surface area contributed by atoms with Crippen LogP contribution in [0.4, 0.5) is 11.5 Å². The third-order valence-corrected chi connectivity index (χ3v) is 5.78. The van der Waals surface area contributed by atoms with Gasteiger partial charge in [-0.25, -0.2) is 9.67 Å². The normalized spacial score (nSPS) is 17.3. The molecule has 1 aromatic carbocycles. The van der Waals surface area contributed by atoms with E-state index in [-0.39, 0.29) is 17.4 Å². The highest BCUT2D eigenvalue weighted by molar-refractivity contribution is 7.18. The highest BCUT2D eigenvalue weighted by Gasteiger charge is 2.27. The number of aryl methyl sites for hydroxylation is 2. The molecular formula is C19H21N5O2S. The second-order valence-corrected chi connectivity index (χ2v) is 8.08.